The van der Waals surface area contributed by atoms with Gasteiger partial charge in [-0.2, -0.15) is 44.5 Å². The number of rotatable bonds is 9. The Labute approximate surface area is 295 Å². The average Bonchev–Trinajstić information content (AvgIpc) is 3.07. The van der Waals surface area contributed by atoms with Gasteiger partial charge in [-0.05, 0) is 92.1 Å². The van der Waals surface area contributed by atoms with Crippen molar-refractivity contribution in [3.05, 3.63) is 82.9 Å². The van der Waals surface area contributed by atoms with Gasteiger partial charge < -0.3 is 15.7 Å². The van der Waals surface area contributed by atoms with E-state index in [1.54, 1.807) is 12.1 Å². The highest BCUT2D eigenvalue weighted by molar-refractivity contribution is 7.89. The predicted molar refractivity (Wildman–Crippen MR) is 174 cm³/mol. The fourth-order valence-corrected chi connectivity index (χ4v) is 6.50. The smallest absolute Gasteiger partial charge is 0.475 e. The van der Waals surface area contributed by atoms with Gasteiger partial charge in [0, 0.05) is 29.2 Å². The van der Waals surface area contributed by atoms with Gasteiger partial charge in [0.15, 0.2) is 0 Å². The molecule has 3 aromatic carbocycles. The third-order valence-electron chi connectivity index (χ3n) is 7.90. The summed E-state index contributed by atoms with van der Waals surface area (Å²) in [6, 6.07) is 15.1. The molecule has 0 aliphatic heterocycles. The summed E-state index contributed by atoms with van der Waals surface area (Å²) in [6.45, 7) is 0.454. The summed E-state index contributed by atoms with van der Waals surface area (Å²) in [5.74, 6) is -1.62. The fraction of sp³-hybridized carbons (Fsp3) is 0.344. The van der Waals surface area contributed by atoms with Crippen molar-refractivity contribution in [1.29, 1.82) is 0 Å². The highest BCUT2D eigenvalue weighted by atomic mass is 35.5. The van der Waals surface area contributed by atoms with Gasteiger partial charge in [0.2, 0.25) is 16.0 Å². The number of carboxylic acid groups (broad SMARTS) is 1. The number of carboxylic acids is 1. The van der Waals surface area contributed by atoms with Gasteiger partial charge in [-0.1, -0.05) is 23.7 Å². The van der Waals surface area contributed by atoms with E-state index < -0.39 is 50.5 Å². The molecule has 1 aliphatic carbocycles. The highest BCUT2D eigenvalue weighted by Gasteiger charge is 2.39. The Balaban J connectivity index is 0.000000785. The van der Waals surface area contributed by atoms with E-state index in [9.17, 15) is 47.9 Å². The number of fused-ring (bicyclic) bond motifs is 1. The molecule has 0 bridgehead atoms. The van der Waals surface area contributed by atoms with Crippen molar-refractivity contribution in [3.63, 3.8) is 0 Å². The molecule has 1 heterocycles. The Morgan fingerprint density at radius 2 is 1.31 bits per heavy atom. The molecule has 9 nitrogen and oxygen atoms in total. The van der Waals surface area contributed by atoms with Gasteiger partial charge in [0.05, 0.1) is 21.5 Å². The third kappa shape index (κ3) is 11.3. The number of aliphatic carboxylic acids is 1. The van der Waals surface area contributed by atoms with Gasteiger partial charge >= 0.3 is 24.5 Å². The number of aromatic nitrogens is 2. The van der Waals surface area contributed by atoms with Crippen molar-refractivity contribution in [3.8, 4) is 0 Å². The highest BCUT2D eigenvalue weighted by Crippen LogP contribution is 2.37. The number of nitrogens with zero attached hydrogens (tertiary/aromatic N) is 2. The molecule has 0 radical (unpaired) electrons. The lowest BCUT2D eigenvalue weighted by Gasteiger charge is -2.28. The summed E-state index contributed by atoms with van der Waals surface area (Å²) in [4.78, 5) is 17.1. The third-order valence-corrected chi connectivity index (χ3v) is 9.56. The summed E-state index contributed by atoms with van der Waals surface area (Å²) in [7, 11) is -4.62. The minimum atomic E-state index is -5.15. The summed E-state index contributed by atoms with van der Waals surface area (Å²) < 4.78 is 139. The van der Waals surface area contributed by atoms with Crippen LogP contribution in [-0.4, -0.2) is 48.7 Å². The van der Waals surface area contributed by atoms with Crippen molar-refractivity contribution in [1.82, 2.24) is 14.7 Å². The molecule has 0 unspecified atom stereocenters. The van der Waals surface area contributed by atoms with Crippen LogP contribution < -0.4 is 15.4 Å². The molecular weight excluding hydrogens is 757 g/mol. The van der Waals surface area contributed by atoms with Crippen LogP contribution >= 0.6 is 11.6 Å². The number of alkyl halides is 9. The van der Waals surface area contributed by atoms with Crippen LogP contribution in [0.15, 0.2) is 71.6 Å². The Hall–Kier alpha value is -4.36. The Bertz CT molecular complexity index is 1940. The van der Waals surface area contributed by atoms with E-state index >= 15 is 0 Å². The molecule has 1 fully saturated rings. The normalized spacial score (nSPS) is 16.9. The van der Waals surface area contributed by atoms with Crippen LogP contribution in [0.3, 0.4) is 0 Å². The van der Waals surface area contributed by atoms with E-state index in [1.807, 2.05) is 36.4 Å². The van der Waals surface area contributed by atoms with Crippen LogP contribution in [0.2, 0.25) is 5.02 Å². The summed E-state index contributed by atoms with van der Waals surface area (Å²) in [5.41, 5.74) is -1.83. The first kappa shape index (κ1) is 40.4. The molecule has 0 atom stereocenters. The van der Waals surface area contributed by atoms with Gasteiger partial charge in [0.25, 0.3) is 0 Å². The van der Waals surface area contributed by atoms with Crippen LogP contribution in [-0.2, 0) is 27.2 Å². The maximum atomic E-state index is 13.2. The monoisotopic (exact) mass is 785 g/mol. The van der Waals surface area contributed by atoms with Crippen molar-refractivity contribution in [2.24, 2.45) is 11.8 Å². The number of anilines is 3. The molecule has 5 rings (SSSR count). The first-order valence-electron chi connectivity index (χ1n) is 15.2. The molecule has 282 valence electrons. The topological polar surface area (TPSA) is 133 Å². The number of para-hydroxylation sites is 1. The second kappa shape index (κ2) is 16.1. The quantitative estimate of drug-likeness (QED) is 0.124. The number of hydrogen-bond donors (Lipinski definition) is 4. The molecule has 4 aromatic rings. The van der Waals surface area contributed by atoms with E-state index in [4.69, 9.17) is 21.5 Å². The maximum absolute atomic E-state index is 13.2. The van der Waals surface area contributed by atoms with Gasteiger partial charge in [-0.3, -0.25) is 0 Å². The number of carbonyl (C=O) groups is 1. The van der Waals surface area contributed by atoms with Crippen LogP contribution in [0.25, 0.3) is 10.9 Å². The predicted octanol–water partition coefficient (Wildman–Crippen LogP) is 8.89. The lowest BCUT2D eigenvalue weighted by Crippen LogP contribution is -2.32. The Morgan fingerprint density at radius 3 is 1.83 bits per heavy atom. The van der Waals surface area contributed by atoms with Crippen LogP contribution in [0.5, 0.6) is 0 Å². The second-order valence-electron chi connectivity index (χ2n) is 11.7. The van der Waals surface area contributed by atoms with E-state index in [0.717, 1.165) is 29.4 Å². The molecule has 1 aliphatic rings. The van der Waals surface area contributed by atoms with E-state index in [-0.39, 0.29) is 36.6 Å². The van der Waals surface area contributed by atoms with Crippen molar-refractivity contribution in [2.75, 3.05) is 23.7 Å². The molecule has 1 saturated carbocycles. The zero-order valence-corrected chi connectivity index (χ0v) is 28.1. The lowest BCUT2D eigenvalue weighted by atomic mass is 9.82. The molecule has 52 heavy (non-hydrogen) atoms. The number of benzene rings is 3. The summed E-state index contributed by atoms with van der Waals surface area (Å²) in [6.07, 6.45) is -12.7. The standard InChI is InChI=1S/C30H28ClF6N5O2S.C2HF3O2/c31-22-9-11-23(12-10-22)40-27-25-3-1-2-4-26(25)41-28(42-27)38-16-18-5-7-19(8-6-18)17-39-45(43,44)24-14-20(29(32,33)34)13-21(15-24)30(35,36)37;3-2(4,5)1(6)7/h1-4,9-15,18-19,39H,5-8,16-17H2,(H2,38,40,41,42);(H,6,7). The zero-order chi connectivity index (χ0) is 38.5. The molecular formula is C32H29ClF9N5O4S. The molecule has 0 amide bonds. The van der Waals surface area contributed by atoms with Crippen molar-refractivity contribution in [2.45, 2.75) is 49.1 Å². The summed E-state index contributed by atoms with van der Waals surface area (Å²) in [5, 5.41) is 15.2. The Morgan fingerprint density at radius 1 is 0.788 bits per heavy atom. The molecule has 20 heteroatoms. The van der Waals surface area contributed by atoms with Gasteiger partial charge in [-0.15, -0.1) is 0 Å². The number of halogens is 10. The first-order valence-corrected chi connectivity index (χ1v) is 17.1. The van der Waals surface area contributed by atoms with Gasteiger partial charge in [0.1, 0.15) is 5.82 Å². The van der Waals surface area contributed by atoms with Crippen LogP contribution in [0, 0.1) is 11.8 Å². The van der Waals surface area contributed by atoms with E-state index in [1.165, 1.54) is 0 Å². The number of hydrogen-bond acceptors (Lipinski definition) is 7. The minimum absolute atomic E-state index is 0.103. The minimum Gasteiger partial charge on any atom is -0.475 e. The first-order chi connectivity index (χ1) is 24.1. The largest absolute Gasteiger partial charge is 0.490 e. The zero-order valence-electron chi connectivity index (χ0n) is 26.5. The number of sulfonamides is 1. The van der Waals surface area contributed by atoms with Crippen LogP contribution in [0.1, 0.15) is 36.8 Å². The van der Waals surface area contributed by atoms with Crippen molar-refractivity contribution >= 4 is 56.0 Å². The van der Waals surface area contributed by atoms with Crippen molar-refractivity contribution < 1.29 is 57.8 Å². The summed E-state index contributed by atoms with van der Waals surface area (Å²) >= 11 is 6.00. The van der Waals surface area contributed by atoms with E-state index in [2.05, 4.69) is 25.3 Å². The fourth-order valence-electron chi connectivity index (χ4n) is 5.19. The maximum Gasteiger partial charge on any atom is 0.490 e. The molecule has 0 saturated heterocycles. The average molecular weight is 786 g/mol. The van der Waals surface area contributed by atoms with E-state index in [0.29, 0.717) is 36.2 Å². The molecule has 4 N–H and O–H groups in total. The second-order valence-corrected chi connectivity index (χ2v) is 13.9. The SMILES string of the molecule is O=C(O)C(F)(F)F.O=S(=O)(NCC1CCC(CNc2nc(Nc3ccc(Cl)cc3)c3ccccc3n2)CC1)c1cc(C(F)(F)F)cc(C(F)(F)F)c1. The van der Waals surface area contributed by atoms with Crippen LogP contribution in [0.4, 0.5) is 57.0 Å². The Kier molecular flexibility index (Phi) is 12.5. The number of nitrogens with one attached hydrogen (secondary N) is 3. The molecule has 0 spiro atoms. The lowest BCUT2D eigenvalue weighted by molar-refractivity contribution is -0.192. The van der Waals surface area contributed by atoms with Gasteiger partial charge in [-0.25, -0.2) is 22.9 Å². The molecule has 1 aromatic heterocycles.